The number of hydrogen-bond donors (Lipinski definition) is 2. The van der Waals surface area contributed by atoms with E-state index < -0.39 is 0 Å². The lowest BCUT2D eigenvalue weighted by atomic mass is 10.2. The Bertz CT molecular complexity index is 621. The van der Waals surface area contributed by atoms with Crippen LogP contribution in [0.25, 0.3) is 0 Å². The zero-order valence-electron chi connectivity index (χ0n) is 12.0. The number of phenolic OH excluding ortho intramolecular Hbond substituents is 1. The number of halogens is 2. The quantitative estimate of drug-likeness (QED) is 0.638. The van der Waals surface area contributed by atoms with Crippen molar-refractivity contribution in [3.8, 4) is 17.2 Å². The number of benzene rings is 2. The molecule has 2 aromatic carbocycles. The fraction of sp³-hybridized carbons (Fsp3) is 0.133. The van der Waals surface area contributed by atoms with Gasteiger partial charge in [-0.2, -0.15) is 5.10 Å². The first-order valence-corrected chi connectivity index (χ1v) is 6.51. The average molecular weight is 343 g/mol. The number of hydrazone groups is 1. The monoisotopic (exact) mass is 342 g/mol. The van der Waals surface area contributed by atoms with Crippen LogP contribution in [0.1, 0.15) is 5.56 Å². The third kappa shape index (κ3) is 4.44. The van der Waals surface area contributed by atoms with Gasteiger partial charge >= 0.3 is 0 Å². The number of phenols is 1. The topological polar surface area (TPSA) is 63.1 Å². The Morgan fingerprint density at radius 1 is 1.09 bits per heavy atom. The van der Waals surface area contributed by atoms with E-state index in [1.165, 1.54) is 14.2 Å². The highest BCUT2D eigenvalue weighted by Crippen LogP contribution is 2.36. The molecular formula is C15H16Cl2N2O3. The molecule has 0 saturated carbocycles. The maximum Gasteiger partial charge on any atom is 0.200 e. The van der Waals surface area contributed by atoms with Gasteiger partial charge in [-0.1, -0.05) is 11.6 Å². The van der Waals surface area contributed by atoms with Gasteiger partial charge in [0, 0.05) is 10.6 Å². The summed E-state index contributed by atoms with van der Waals surface area (Å²) in [6, 6.07) is 10.5. The molecule has 0 unspecified atom stereocenters. The Morgan fingerprint density at radius 3 is 2.14 bits per heavy atom. The highest BCUT2D eigenvalue weighted by Gasteiger charge is 2.10. The molecule has 0 spiro atoms. The molecule has 0 aromatic heterocycles. The third-order valence-corrected chi connectivity index (χ3v) is 3.01. The number of nitrogens with one attached hydrogen (secondary N) is 1. The Labute approximate surface area is 139 Å². The van der Waals surface area contributed by atoms with Crippen molar-refractivity contribution in [3.05, 3.63) is 47.0 Å². The fourth-order valence-corrected chi connectivity index (χ4v) is 1.82. The summed E-state index contributed by atoms with van der Waals surface area (Å²) < 4.78 is 10.2. The zero-order valence-corrected chi connectivity index (χ0v) is 13.6. The molecule has 2 N–H and O–H groups in total. The molecule has 0 amide bonds. The molecule has 118 valence electrons. The van der Waals surface area contributed by atoms with Crippen LogP contribution in [0.2, 0.25) is 5.02 Å². The first-order valence-electron chi connectivity index (χ1n) is 6.13. The molecule has 0 radical (unpaired) electrons. The summed E-state index contributed by atoms with van der Waals surface area (Å²) in [7, 11) is 2.95. The van der Waals surface area contributed by atoms with Gasteiger partial charge in [0.2, 0.25) is 5.75 Å². The van der Waals surface area contributed by atoms with Crippen LogP contribution in [-0.2, 0) is 0 Å². The van der Waals surface area contributed by atoms with Crippen LogP contribution in [0.5, 0.6) is 17.2 Å². The van der Waals surface area contributed by atoms with Crippen LogP contribution in [0, 0.1) is 0 Å². The molecule has 2 aromatic rings. The maximum atomic E-state index is 9.82. The van der Waals surface area contributed by atoms with E-state index in [1.54, 1.807) is 30.5 Å². The lowest BCUT2D eigenvalue weighted by Gasteiger charge is -2.09. The first-order chi connectivity index (χ1) is 10.1. The Morgan fingerprint density at radius 2 is 1.64 bits per heavy atom. The first kappa shape index (κ1) is 17.9. The van der Waals surface area contributed by atoms with Crippen LogP contribution in [-0.4, -0.2) is 25.5 Å². The summed E-state index contributed by atoms with van der Waals surface area (Å²) in [6.07, 6.45) is 1.60. The predicted molar refractivity (Wildman–Crippen MR) is 91.1 cm³/mol. The lowest BCUT2D eigenvalue weighted by molar-refractivity contribution is 0.340. The van der Waals surface area contributed by atoms with Crippen LogP contribution in [0.3, 0.4) is 0 Å². The highest BCUT2D eigenvalue weighted by atomic mass is 35.5. The molecule has 2 rings (SSSR count). The minimum absolute atomic E-state index is 0. The molecular weight excluding hydrogens is 327 g/mol. The van der Waals surface area contributed by atoms with Gasteiger partial charge in [0.1, 0.15) is 0 Å². The zero-order chi connectivity index (χ0) is 15.2. The maximum absolute atomic E-state index is 9.82. The van der Waals surface area contributed by atoms with Crippen molar-refractivity contribution in [2.75, 3.05) is 19.6 Å². The molecule has 0 aliphatic carbocycles. The summed E-state index contributed by atoms with van der Waals surface area (Å²) >= 11 is 5.81. The van der Waals surface area contributed by atoms with E-state index in [2.05, 4.69) is 10.5 Å². The molecule has 0 fully saturated rings. The van der Waals surface area contributed by atoms with Gasteiger partial charge in [0.15, 0.2) is 11.5 Å². The van der Waals surface area contributed by atoms with Crippen molar-refractivity contribution in [1.29, 1.82) is 0 Å². The van der Waals surface area contributed by atoms with Crippen molar-refractivity contribution >= 4 is 35.9 Å². The van der Waals surface area contributed by atoms with Crippen molar-refractivity contribution in [1.82, 2.24) is 0 Å². The van der Waals surface area contributed by atoms with Crippen LogP contribution in [0.4, 0.5) is 5.69 Å². The molecule has 0 atom stereocenters. The third-order valence-electron chi connectivity index (χ3n) is 2.75. The van der Waals surface area contributed by atoms with Crippen LogP contribution >= 0.6 is 24.0 Å². The van der Waals surface area contributed by atoms with Crippen molar-refractivity contribution in [2.45, 2.75) is 0 Å². The summed E-state index contributed by atoms with van der Waals surface area (Å²) in [4.78, 5) is 0. The van der Waals surface area contributed by atoms with Gasteiger partial charge in [0.25, 0.3) is 0 Å². The molecule has 0 heterocycles. The molecule has 5 nitrogen and oxygen atoms in total. The number of methoxy groups -OCH3 is 2. The van der Waals surface area contributed by atoms with Gasteiger partial charge in [-0.25, -0.2) is 0 Å². The van der Waals surface area contributed by atoms with E-state index in [0.717, 1.165) is 11.3 Å². The highest BCUT2D eigenvalue weighted by molar-refractivity contribution is 6.30. The summed E-state index contributed by atoms with van der Waals surface area (Å²) in [6.45, 7) is 0. The molecule has 7 heteroatoms. The van der Waals surface area contributed by atoms with E-state index >= 15 is 0 Å². The SMILES string of the molecule is COc1cc(/C=N/Nc2ccc(Cl)cc2)cc(OC)c1O.Cl. The van der Waals surface area contributed by atoms with Crippen LogP contribution in [0.15, 0.2) is 41.5 Å². The normalized spacial score (nSPS) is 10.1. The fourth-order valence-electron chi connectivity index (χ4n) is 1.69. The lowest BCUT2D eigenvalue weighted by Crippen LogP contribution is -1.94. The number of nitrogens with zero attached hydrogens (tertiary/aromatic N) is 1. The Hall–Kier alpha value is -2.11. The number of hydrogen-bond acceptors (Lipinski definition) is 5. The van der Waals surface area contributed by atoms with E-state index in [-0.39, 0.29) is 18.2 Å². The Balaban J connectivity index is 0.00000242. The minimum atomic E-state index is -0.0391. The van der Waals surface area contributed by atoms with Crippen molar-refractivity contribution < 1.29 is 14.6 Å². The van der Waals surface area contributed by atoms with E-state index in [9.17, 15) is 5.11 Å². The average Bonchev–Trinajstić information content (AvgIpc) is 2.50. The number of aromatic hydroxyl groups is 1. The van der Waals surface area contributed by atoms with Gasteiger partial charge in [0.05, 0.1) is 26.1 Å². The van der Waals surface area contributed by atoms with Crippen molar-refractivity contribution in [2.24, 2.45) is 5.10 Å². The largest absolute Gasteiger partial charge is 0.502 e. The summed E-state index contributed by atoms with van der Waals surface area (Å²) in [5.74, 6) is 0.604. The second-order valence-corrected chi connectivity index (χ2v) is 4.59. The van der Waals surface area contributed by atoms with Gasteiger partial charge in [-0.3, -0.25) is 5.43 Å². The van der Waals surface area contributed by atoms with Crippen LogP contribution < -0.4 is 14.9 Å². The molecule has 0 saturated heterocycles. The van der Waals surface area contributed by atoms with E-state index in [4.69, 9.17) is 21.1 Å². The van der Waals surface area contributed by atoms with E-state index in [0.29, 0.717) is 16.5 Å². The standard InChI is InChI=1S/C15H15ClN2O3.ClH/c1-20-13-7-10(8-14(21-2)15(13)19)9-17-18-12-5-3-11(16)4-6-12;/h3-9,18-19H,1-2H3;1H/b17-9+;. The molecule has 0 bridgehead atoms. The Kier molecular flexibility index (Phi) is 6.82. The van der Waals surface area contributed by atoms with Gasteiger partial charge < -0.3 is 14.6 Å². The second kappa shape index (κ2) is 8.36. The minimum Gasteiger partial charge on any atom is -0.502 e. The molecule has 0 aliphatic heterocycles. The van der Waals surface area contributed by atoms with Crippen molar-refractivity contribution in [3.63, 3.8) is 0 Å². The number of ether oxygens (including phenoxy) is 2. The molecule has 0 aliphatic rings. The van der Waals surface area contributed by atoms with Gasteiger partial charge in [-0.05, 0) is 36.4 Å². The summed E-state index contributed by atoms with van der Waals surface area (Å²) in [5.41, 5.74) is 4.41. The summed E-state index contributed by atoms with van der Waals surface area (Å²) in [5, 5.41) is 14.6. The van der Waals surface area contributed by atoms with Gasteiger partial charge in [-0.15, -0.1) is 12.4 Å². The molecule has 22 heavy (non-hydrogen) atoms. The number of rotatable bonds is 5. The van der Waals surface area contributed by atoms with E-state index in [1.807, 2.05) is 12.1 Å². The number of anilines is 1. The predicted octanol–water partition coefficient (Wildman–Crippen LogP) is 3.93. The smallest absolute Gasteiger partial charge is 0.200 e. The second-order valence-electron chi connectivity index (χ2n) is 4.15.